The lowest BCUT2D eigenvalue weighted by molar-refractivity contribution is -0.115. The number of rotatable bonds is 6. The third-order valence-electron chi connectivity index (χ3n) is 3.58. The number of nitrogens with zero attached hydrogens (tertiary/aromatic N) is 4. The summed E-state index contributed by atoms with van der Waals surface area (Å²) in [5.41, 5.74) is 6.83. The van der Waals surface area contributed by atoms with Crippen molar-refractivity contribution in [2.24, 2.45) is 5.73 Å². The average molecular weight is 403 g/mol. The number of amides is 2. The first-order valence-corrected chi connectivity index (χ1v) is 9.11. The zero-order valence-electron chi connectivity index (χ0n) is 14.2. The second-order valence-corrected chi connectivity index (χ2v) is 7.29. The number of tetrazole rings is 1. The summed E-state index contributed by atoms with van der Waals surface area (Å²) >= 11 is 7.22. The van der Waals surface area contributed by atoms with Gasteiger partial charge in [0.15, 0.2) is 0 Å². The van der Waals surface area contributed by atoms with Gasteiger partial charge in [-0.15, -0.1) is 5.10 Å². The van der Waals surface area contributed by atoms with Gasteiger partial charge in [0.2, 0.25) is 17.0 Å². The highest BCUT2D eigenvalue weighted by Crippen LogP contribution is 2.25. The summed E-state index contributed by atoms with van der Waals surface area (Å²) in [6, 6.07) is 13.4. The Balaban J connectivity index is 1.69. The largest absolute Gasteiger partial charge is 0.366 e. The Morgan fingerprint density at radius 2 is 1.96 bits per heavy atom. The van der Waals surface area contributed by atoms with Gasteiger partial charge in [-0.3, -0.25) is 9.59 Å². The van der Waals surface area contributed by atoms with Crippen molar-refractivity contribution in [3.05, 3.63) is 59.1 Å². The lowest BCUT2D eigenvalue weighted by Gasteiger charge is -2.12. The number of nitrogens with one attached hydrogen (secondary N) is 1. The van der Waals surface area contributed by atoms with E-state index in [0.29, 0.717) is 27.1 Å². The molecule has 3 N–H and O–H groups in total. The minimum atomic E-state index is -0.523. The third kappa shape index (κ3) is 4.63. The number of hydrogen-bond acceptors (Lipinski definition) is 6. The summed E-state index contributed by atoms with van der Waals surface area (Å²) in [5.74, 6) is -0.753. The van der Waals surface area contributed by atoms with Crippen LogP contribution in [0.1, 0.15) is 17.3 Å². The van der Waals surface area contributed by atoms with Crippen molar-refractivity contribution in [3.8, 4) is 5.69 Å². The van der Waals surface area contributed by atoms with E-state index in [4.69, 9.17) is 17.3 Å². The van der Waals surface area contributed by atoms with Crippen LogP contribution in [0.2, 0.25) is 5.02 Å². The molecule has 27 heavy (non-hydrogen) atoms. The number of anilines is 1. The number of benzene rings is 2. The first-order valence-electron chi connectivity index (χ1n) is 7.86. The van der Waals surface area contributed by atoms with E-state index in [0.717, 1.165) is 0 Å². The van der Waals surface area contributed by atoms with Gasteiger partial charge in [0.05, 0.1) is 10.9 Å². The molecule has 1 atom stereocenters. The molecule has 10 heteroatoms. The maximum Gasteiger partial charge on any atom is 0.248 e. The van der Waals surface area contributed by atoms with Gasteiger partial charge in [0.1, 0.15) is 0 Å². The molecule has 0 radical (unpaired) electrons. The van der Waals surface area contributed by atoms with Crippen LogP contribution >= 0.6 is 23.4 Å². The smallest absolute Gasteiger partial charge is 0.248 e. The zero-order valence-corrected chi connectivity index (χ0v) is 15.7. The number of carbonyl (C=O) groups is 2. The second-order valence-electron chi connectivity index (χ2n) is 5.54. The van der Waals surface area contributed by atoms with E-state index in [-0.39, 0.29) is 5.91 Å². The fraction of sp³-hybridized carbons (Fsp3) is 0.118. The molecule has 138 valence electrons. The zero-order chi connectivity index (χ0) is 19.4. The van der Waals surface area contributed by atoms with Crippen LogP contribution < -0.4 is 11.1 Å². The molecule has 1 aromatic heterocycles. The molecular weight excluding hydrogens is 388 g/mol. The van der Waals surface area contributed by atoms with Gasteiger partial charge in [-0.2, -0.15) is 4.68 Å². The number of nitrogens with two attached hydrogens (primary N) is 1. The number of carbonyl (C=O) groups excluding carboxylic acids is 2. The Morgan fingerprint density at radius 1 is 1.22 bits per heavy atom. The number of primary amides is 1. The van der Waals surface area contributed by atoms with Gasteiger partial charge >= 0.3 is 0 Å². The number of hydrogen-bond donors (Lipinski definition) is 2. The Hall–Kier alpha value is -2.91. The van der Waals surface area contributed by atoms with Gasteiger partial charge < -0.3 is 11.1 Å². The van der Waals surface area contributed by atoms with Gasteiger partial charge in [-0.1, -0.05) is 29.4 Å². The van der Waals surface area contributed by atoms with Crippen LogP contribution in [0.25, 0.3) is 5.69 Å². The minimum Gasteiger partial charge on any atom is -0.366 e. The number of aromatic nitrogens is 4. The normalized spacial score (nSPS) is 11.8. The van der Waals surface area contributed by atoms with Gasteiger partial charge in [-0.05, 0) is 59.8 Å². The topological polar surface area (TPSA) is 116 Å². The third-order valence-corrected chi connectivity index (χ3v) is 4.85. The van der Waals surface area contributed by atoms with Crippen LogP contribution in [0.15, 0.2) is 53.7 Å². The monoisotopic (exact) mass is 402 g/mol. The molecule has 0 bridgehead atoms. The molecule has 0 fully saturated rings. The van der Waals surface area contributed by atoms with Crippen LogP contribution in [0, 0.1) is 0 Å². The van der Waals surface area contributed by atoms with Crippen LogP contribution in [0.5, 0.6) is 0 Å². The van der Waals surface area contributed by atoms with Crippen LogP contribution in [-0.4, -0.2) is 37.3 Å². The van der Waals surface area contributed by atoms with E-state index in [1.54, 1.807) is 49.4 Å². The quantitative estimate of drug-likeness (QED) is 0.612. The van der Waals surface area contributed by atoms with E-state index in [1.807, 2.05) is 6.07 Å². The summed E-state index contributed by atoms with van der Waals surface area (Å²) in [6.45, 7) is 1.74. The van der Waals surface area contributed by atoms with Crippen LogP contribution in [-0.2, 0) is 4.79 Å². The van der Waals surface area contributed by atoms with Crippen LogP contribution in [0.3, 0.4) is 0 Å². The fourth-order valence-corrected chi connectivity index (χ4v) is 3.19. The maximum atomic E-state index is 12.4. The van der Waals surface area contributed by atoms with Crippen molar-refractivity contribution < 1.29 is 9.59 Å². The lowest BCUT2D eigenvalue weighted by Crippen LogP contribution is -2.23. The molecule has 0 unspecified atom stereocenters. The summed E-state index contributed by atoms with van der Waals surface area (Å²) in [6.07, 6.45) is 0. The molecule has 0 saturated carbocycles. The van der Waals surface area contributed by atoms with Crippen molar-refractivity contribution in [1.82, 2.24) is 20.2 Å². The second kappa shape index (κ2) is 8.19. The molecule has 8 nitrogen and oxygen atoms in total. The number of halogens is 1. The van der Waals surface area contributed by atoms with Crippen molar-refractivity contribution in [1.29, 1.82) is 0 Å². The summed E-state index contributed by atoms with van der Waals surface area (Å²) in [4.78, 5) is 23.5. The van der Waals surface area contributed by atoms with Crippen LogP contribution in [0.4, 0.5) is 5.69 Å². The van der Waals surface area contributed by atoms with Gasteiger partial charge in [0.25, 0.3) is 0 Å². The predicted octanol–water partition coefficient (Wildman–Crippen LogP) is 2.53. The molecular formula is C17H15ClN6O2S. The van der Waals surface area contributed by atoms with E-state index in [1.165, 1.54) is 16.4 Å². The van der Waals surface area contributed by atoms with Gasteiger partial charge in [0, 0.05) is 16.3 Å². The number of thioether (sulfide) groups is 1. The highest BCUT2D eigenvalue weighted by atomic mass is 35.5. The minimum absolute atomic E-state index is 0.229. The summed E-state index contributed by atoms with van der Waals surface area (Å²) in [7, 11) is 0. The Kier molecular flexibility index (Phi) is 5.72. The van der Waals surface area contributed by atoms with Crippen molar-refractivity contribution in [2.45, 2.75) is 17.3 Å². The molecule has 0 spiro atoms. The van der Waals surface area contributed by atoms with E-state index in [9.17, 15) is 9.59 Å². The summed E-state index contributed by atoms with van der Waals surface area (Å²) < 4.78 is 1.52. The fourth-order valence-electron chi connectivity index (χ4n) is 2.20. The highest BCUT2D eigenvalue weighted by molar-refractivity contribution is 8.00. The highest BCUT2D eigenvalue weighted by Gasteiger charge is 2.19. The Labute approximate surface area is 164 Å². The van der Waals surface area contributed by atoms with E-state index < -0.39 is 11.2 Å². The molecule has 2 aromatic carbocycles. The molecule has 3 rings (SSSR count). The standard InChI is InChI=1S/C17H15ClN6O2S/c1-10(16(26)20-13-7-5-11(6-8-13)15(19)25)27-17-21-22-23-24(17)14-4-2-3-12(18)9-14/h2-10H,1H3,(H2,19,25)(H,20,26)/t10-/m0/s1. The molecule has 0 aliphatic heterocycles. The first kappa shape index (κ1) is 18.9. The van der Waals surface area contributed by atoms with E-state index >= 15 is 0 Å². The predicted molar refractivity (Wildman–Crippen MR) is 103 cm³/mol. The van der Waals surface area contributed by atoms with Crippen molar-refractivity contribution in [2.75, 3.05) is 5.32 Å². The molecule has 0 aliphatic carbocycles. The lowest BCUT2D eigenvalue weighted by atomic mass is 10.2. The average Bonchev–Trinajstić information content (AvgIpc) is 3.10. The molecule has 0 saturated heterocycles. The van der Waals surface area contributed by atoms with Gasteiger partial charge in [-0.25, -0.2) is 0 Å². The molecule has 0 aliphatic rings. The SMILES string of the molecule is C[C@H](Sc1nnnn1-c1cccc(Cl)c1)C(=O)Nc1ccc(C(N)=O)cc1. The van der Waals surface area contributed by atoms with Crippen molar-refractivity contribution >= 4 is 40.9 Å². The maximum absolute atomic E-state index is 12.4. The first-order chi connectivity index (χ1) is 12.9. The molecule has 2 amide bonds. The Morgan fingerprint density at radius 3 is 2.63 bits per heavy atom. The van der Waals surface area contributed by atoms with E-state index in [2.05, 4.69) is 20.8 Å². The molecule has 1 heterocycles. The molecule has 3 aromatic rings. The van der Waals surface area contributed by atoms with Crippen molar-refractivity contribution in [3.63, 3.8) is 0 Å². The summed E-state index contributed by atoms with van der Waals surface area (Å²) in [5, 5.41) is 14.9. The Bertz CT molecular complexity index is 976.